The van der Waals surface area contributed by atoms with Gasteiger partial charge in [0.2, 0.25) is 0 Å². The molecule has 4 heteroatoms. The van der Waals surface area contributed by atoms with Gasteiger partial charge in [-0.25, -0.2) is 0 Å². The summed E-state index contributed by atoms with van der Waals surface area (Å²) in [6.07, 6.45) is 4.65. The van der Waals surface area contributed by atoms with Crippen LogP contribution in [0.3, 0.4) is 0 Å². The maximum Gasteiger partial charge on any atom is 0.252 e. The van der Waals surface area contributed by atoms with Crippen molar-refractivity contribution in [3.63, 3.8) is 0 Å². The van der Waals surface area contributed by atoms with E-state index < -0.39 is 0 Å². The topological polar surface area (TPSA) is 29.1 Å². The molecule has 0 spiro atoms. The molecule has 1 saturated carbocycles. The third-order valence-corrected chi connectivity index (χ3v) is 4.89. The van der Waals surface area contributed by atoms with Crippen molar-refractivity contribution < 1.29 is 4.79 Å². The van der Waals surface area contributed by atoms with E-state index in [4.69, 9.17) is 0 Å². The molecule has 2 rings (SSSR count). The van der Waals surface area contributed by atoms with E-state index in [1.54, 1.807) is 0 Å². The smallest absolute Gasteiger partial charge is 0.252 e. The number of carbonyl (C=O) groups excluding carboxylic acids is 1. The molecular weight excluding hydrogens is 405 g/mol. The Hall–Kier alpha value is -0.100. The van der Waals surface area contributed by atoms with Crippen molar-refractivity contribution in [2.75, 3.05) is 0 Å². The van der Waals surface area contributed by atoms with Crippen molar-refractivity contribution in [3.8, 4) is 0 Å². The van der Waals surface area contributed by atoms with Crippen LogP contribution >= 0.6 is 38.5 Å². The van der Waals surface area contributed by atoms with E-state index >= 15 is 0 Å². The minimum atomic E-state index is 0.0416. The van der Waals surface area contributed by atoms with Crippen LogP contribution in [0.5, 0.6) is 0 Å². The minimum absolute atomic E-state index is 0.0416. The number of nitrogens with one attached hydrogen (secondary N) is 1. The van der Waals surface area contributed by atoms with Crippen LogP contribution in [0.15, 0.2) is 22.7 Å². The van der Waals surface area contributed by atoms with Crippen LogP contribution in [-0.2, 0) is 0 Å². The number of hydrogen-bond acceptors (Lipinski definition) is 1. The molecule has 1 N–H and O–H groups in total. The number of halogens is 2. The van der Waals surface area contributed by atoms with E-state index in [0.29, 0.717) is 6.04 Å². The SMILES string of the molecule is CC1CCC(NC(=O)c2cc(I)ccc2Br)CC1. The Balaban J connectivity index is 2.01. The van der Waals surface area contributed by atoms with Crippen molar-refractivity contribution in [1.82, 2.24) is 5.32 Å². The van der Waals surface area contributed by atoms with Crippen molar-refractivity contribution >= 4 is 44.4 Å². The van der Waals surface area contributed by atoms with Crippen molar-refractivity contribution in [2.24, 2.45) is 5.92 Å². The molecule has 0 heterocycles. The molecule has 0 radical (unpaired) electrons. The Morgan fingerprint density at radius 1 is 1.33 bits per heavy atom. The Morgan fingerprint density at radius 2 is 2.00 bits per heavy atom. The van der Waals surface area contributed by atoms with Gasteiger partial charge in [0.05, 0.1) is 5.56 Å². The number of benzene rings is 1. The lowest BCUT2D eigenvalue weighted by Crippen LogP contribution is -2.37. The summed E-state index contributed by atoms with van der Waals surface area (Å²) >= 11 is 5.67. The molecule has 1 aliphatic rings. The second-order valence-electron chi connectivity index (χ2n) is 5.05. The Bertz CT molecular complexity index is 441. The first-order valence-electron chi connectivity index (χ1n) is 6.32. The van der Waals surface area contributed by atoms with Gasteiger partial charge in [-0.15, -0.1) is 0 Å². The van der Waals surface area contributed by atoms with E-state index in [0.717, 1.165) is 32.4 Å². The van der Waals surface area contributed by atoms with Crippen LogP contribution in [0.4, 0.5) is 0 Å². The summed E-state index contributed by atoms with van der Waals surface area (Å²) < 4.78 is 1.95. The summed E-state index contributed by atoms with van der Waals surface area (Å²) in [5.74, 6) is 0.850. The van der Waals surface area contributed by atoms with Gasteiger partial charge in [-0.3, -0.25) is 4.79 Å². The molecule has 1 amide bonds. The average Bonchev–Trinajstić information content (AvgIpc) is 2.35. The quantitative estimate of drug-likeness (QED) is 0.706. The number of carbonyl (C=O) groups is 1. The van der Waals surface area contributed by atoms with Gasteiger partial charge < -0.3 is 5.32 Å². The molecule has 18 heavy (non-hydrogen) atoms. The molecule has 98 valence electrons. The number of hydrogen-bond donors (Lipinski definition) is 1. The lowest BCUT2D eigenvalue weighted by molar-refractivity contribution is 0.0922. The molecule has 0 bridgehead atoms. The van der Waals surface area contributed by atoms with Gasteiger partial charge in [0.1, 0.15) is 0 Å². The highest BCUT2D eigenvalue weighted by Crippen LogP contribution is 2.25. The minimum Gasteiger partial charge on any atom is -0.349 e. The maximum atomic E-state index is 12.2. The number of amides is 1. The van der Waals surface area contributed by atoms with Crippen molar-refractivity contribution in [1.29, 1.82) is 0 Å². The summed E-state index contributed by atoms with van der Waals surface area (Å²) in [6, 6.07) is 6.19. The van der Waals surface area contributed by atoms with Gasteiger partial charge in [-0.1, -0.05) is 6.92 Å². The first-order valence-corrected chi connectivity index (χ1v) is 8.19. The third kappa shape index (κ3) is 3.70. The maximum absolute atomic E-state index is 12.2. The van der Waals surface area contributed by atoms with Gasteiger partial charge in [0, 0.05) is 14.1 Å². The summed E-state index contributed by atoms with van der Waals surface area (Å²) in [5.41, 5.74) is 0.737. The standard InChI is InChI=1S/C14H17BrINO/c1-9-2-5-11(6-3-9)17-14(18)12-8-10(16)4-7-13(12)15/h4,7-9,11H,2-3,5-6H2,1H3,(H,17,18). The molecule has 0 unspecified atom stereocenters. The highest BCUT2D eigenvalue weighted by atomic mass is 127. The van der Waals surface area contributed by atoms with Crippen LogP contribution in [0.25, 0.3) is 0 Å². The van der Waals surface area contributed by atoms with E-state index in [1.807, 2.05) is 18.2 Å². The van der Waals surface area contributed by atoms with E-state index in [-0.39, 0.29) is 5.91 Å². The second kappa shape index (κ2) is 6.37. The molecule has 1 aromatic rings. The normalized spacial score (nSPS) is 23.7. The van der Waals surface area contributed by atoms with E-state index in [2.05, 4.69) is 50.8 Å². The molecule has 0 atom stereocenters. The zero-order valence-electron chi connectivity index (χ0n) is 10.4. The lowest BCUT2D eigenvalue weighted by atomic mass is 9.87. The third-order valence-electron chi connectivity index (χ3n) is 3.52. The van der Waals surface area contributed by atoms with Gasteiger partial charge in [-0.05, 0) is 88.3 Å². The molecule has 0 aromatic heterocycles. The molecule has 0 saturated heterocycles. The predicted molar refractivity (Wildman–Crippen MR) is 85.7 cm³/mol. The van der Waals surface area contributed by atoms with Crippen LogP contribution in [0, 0.1) is 9.49 Å². The second-order valence-corrected chi connectivity index (χ2v) is 7.15. The zero-order valence-corrected chi connectivity index (χ0v) is 14.1. The van der Waals surface area contributed by atoms with Crippen LogP contribution < -0.4 is 5.32 Å². The fourth-order valence-corrected chi connectivity index (χ4v) is 3.26. The Kier molecular flexibility index (Phi) is 5.06. The first-order chi connectivity index (χ1) is 8.56. The Morgan fingerprint density at radius 3 is 2.67 bits per heavy atom. The summed E-state index contributed by atoms with van der Waals surface area (Å²) in [5, 5.41) is 3.15. The molecular formula is C14H17BrINO. The number of rotatable bonds is 2. The molecule has 0 aliphatic heterocycles. The van der Waals surface area contributed by atoms with Gasteiger partial charge in [-0.2, -0.15) is 0 Å². The monoisotopic (exact) mass is 421 g/mol. The zero-order chi connectivity index (χ0) is 13.1. The first kappa shape index (κ1) is 14.3. The van der Waals surface area contributed by atoms with E-state index in [1.165, 1.54) is 12.8 Å². The highest BCUT2D eigenvalue weighted by Gasteiger charge is 2.21. The Labute approximate surface area is 130 Å². The van der Waals surface area contributed by atoms with Crippen LogP contribution in [-0.4, -0.2) is 11.9 Å². The van der Waals surface area contributed by atoms with E-state index in [9.17, 15) is 4.79 Å². The molecule has 1 fully saturated rings. The highest BCUT2D eigenvalue weighted by molar-refractivity contribution is 14.1. The van der Waals surface area contributed by atoms with Gasteiger partial charge in [0.25, 0.3) is 5.91 Å². The fourth-order valence-electron chi connectivity index (χ4n) is 2.34. The van der Waals surface area contributed by atoms with Crippen LogP contribution in [0.2, 0.25) is 0 Å². The van der Waals surface area contributed by atoms with Crippen molar-refractivity contribution in [3.05, 3.63) is 31.8 Å². The van der Waals surface area contributed by atoms with Crippen molar-refractivity contribution in [2.45, 2.75) is 38.6 Å². The summed E-state index contributed by atoms with van der Waals surface area (Å²) in [6.45, 7) is 2.29. The van der Waals surface area contributed by atoms with Gasteiger partial charge in [0.15, 0.2) is 0 Å². The largest absolute Gasteiger partial charge is 0.349 e. The molecule has 1 aliphatic carbocycles. The predicted octanol–water partition coefficient (Wildman–Crippen LogP) is 4.36. The fraction of sp³-hybridized carbons (Fsp3) is 0.500. The average molecular weight is 422 g/mol. The molecule has 2 nitrogen and oxygen atoms in total. The van der Waals surface area contributed by atoms with Gasteiger partial charge >= 0.3 is 0 Å². The lowest BCUT2D eigenvalue weighted by Gasteiger charge is -2.27. The molecule has 1 aromatic carbocycles. The van der Waals surface area contributed by atoms with Crippen LogP contribution in [0.1, 0.15) is 43.0 Å². The summed E-state index contributed by atoms with van der Waals surface area (Å²) in [7, 11) is 0. The summed E-state index contributed by atoms with van der Waals surface area (Å²) in [4.78, 5) is 12.2.